The molecule has 4 aromatic rings. The van der Waals surface area contributed by atoms with E-state index in [1.807, 2.05) is 6.92 Å². The van der Waals surface area contributed by atoms with Gasteiger partial charge in [0.1, 0.15) is 17.3 Å². The van der Waals surface area contributed by atoms with Crippen LogP contribution in [0.4, 0.5) is 13.2 Å². The van der Waals surface area contributed by atoms with Gasteiger partial charge >= 0.3 is 6.36 Å². The molecular weight excluding hydrogens is 591 g/mol. The summed E-state index contributed by atoms with van der Waals surface area (Å²) in [4.78, 5) is 40.8. The first-order valence-electron chi connectivity index (χ1n) is 14.7. The Labute approximate surface area is 258 Å². The van der Waals surface area contributed by atoms with Crippen LogP contribution in [0, 0.1) is 0 Å². The smallest absolute Gasteiger partial charge is 0.494 e. The molecule has 0 saturated carbocycles. The van der Waals surface area contributed by atoms with Gasteiger partial charge in [-0.15, -0.1) is 13.2 Å². The number of hydrogen-bond donors (Lipinski definition) is 0. The number of amides is 1. The zero-order valence-corrected chi connectivity index (χ0v) is 25.0. The van der Waals surface area contributed by atoms with E-state index in [1.54, 1.807) is 54.4 Å². The van der Waals surface area contributed by atoms with Gasteiger partial charge in [-0.3, -0.25) is 19.1 Å². The zero-order valence-electron chi connectivity index (χ0n) is 25.0. The fourth-order valence-corrected chi connectivity index (χ4v) is 5.26. The lowest BCUT2D eigenvalue weighted by molar-refractivity contribution is -0.274. The van der Waals surface area contributed by atoms with E-state index in [0.717, 1.165) is 0 Å². The number of alkyl halides is 3. The molecule has 0 spiro atoms. The predicted octanol–water partition coefficient (Wildman–Crippen LogP) is 4.54. The minimum absolute atomic E-state index is 0.0845. The summed E-state index contributed by atoms with van der Waals surface area (Å²) in [6.45, 7) is 7.65. The lowest BCUT2D eigenvalue weighted by atomic mass is 10.1. The first-order valence-corrected chi connectivity index (χ1v) is 14.7. The van der Waals surface area contributed by atoms with Crippen molar-refractivity contribution in [2.24, 2.45) is 0 Å². The van der Waals surface area contributed by atoms with Crippen molar-refractivity contribution in [3.63, 3.8) is 0 Å². The van der Waals surface area contributed by atoms with Crippen LogP contribution in [-0.4, -0.2) is 82.6 Å². The van der Waals surface area contributed by atoms with Gasteiger partial charge in [0.2, 0.25) is 5.91 Å². The third-order valence-corrected chi connectivity index (χ3v) is 7.51. The molecule has 5 rings (SSSR count). The highest BCUT2D eigenvalue weighted by Gasteiger charge is 2.31. The summed E-state index contributed by atoms with van der Waals surface area (Å²) >= 11 is 0. The van der Waals surface area contributed by atoms with Crippen molar-refractivity contribution in [1.82, 2.24) is 24.3 Å². The number of pyridine rings is 1. The maximum absolute atomic E-state index is 14.0. The summed E-state index contributed by atoms with van der Waals surface area (Å²) in [6.07, 6.45) is -3.35. The summed E-state index contributed by atoms with van der Waals surface area (Å²) in [5, 5.41) is 0.328. The second-order valence-corrected chi connectivity index (χ2v) is 10.5. The molecule has 13 heteroatoms. The molecule has 2 aromatic carbocycles. The monoisotopic (exact) mass is 625 g/mol. The number of carbonyl (C=O) groups is 1. The van der Waals surface area contributed by atoms with Crippen molar-refractivity contribution in [1.29, 1.82) is 0 Å². The van der Waals surface area contributed by atoms with E-state index in [-0.39, 0.29) is 29.3 Å². The lowest BCUT2D eigenvalue weighted by Gasteiger charge is -2.34. The molecule has 1 fully saturated rings. The minimum Gasteiger partial charge on any atom is -0.494 e. The van der Waals surface area contributed by atoms with E-state index >= 15 is 0 Å². The van der Waals surface area contributed by atoms with Gasteiger partial charge in [-0.2, -0.15) is 0 Å². The molecule has 45 heavy (non-hydrogen) atoms. The third-order valence-electron chi connectivity index (χ3n) is 7.51. The van der Waals surface area contributed by atoms with Crippen LogP contribution >= 0.6 is 0 Å². The van der Waals surface area contributed by atoms with Crippen LogP contribution in [0.5, 0.6) is 11.5 Å². The van der Waals surface area contributed by atoms with Crippen molar-refractivity contribution >= 4 is 16.9 Å². The maximum atomic E-state index is 14.0. The number of hydrogen-bond acceptors (Lipinski definition) is 8. The number of morpholine rings is 1. The molecule has 2 aromatic heterocycles. The Bertz CT molecular complexity index is 1660. The van der Waals surface area contributed by atoms with Crippen molar-refractivity contribution in [2.75, 3.05) is 46.0 Å². The summed E-state index contributed by atoms with van der Waals surface area (Å²) < 4.78 is 54.4. The van der Waals surface area contributed by atoms with Crippen LogP contribution in [0.15, 0.2) is 71.7 Å². The van der Waals surface area contributed by atoms with Gasteiger partial charge in [0.25, 0.3) is 5.56 Å². The zero-order chi connectivity index (χ0) is 32.0. The topological polar surface area (TPSA) is 99.0 Å². The number of carbonyl (C=O) groups excluding carboxylic acids is 1. The van der Waals surface area contributed by atoms with Crippen LogP contribution in [0.2, 0.25) is 0 Å². The fraction of sp³-hybridized carbons (Fsp3) is 0.375. The van der Waals surface area contributed by atoms with Crippen LogP contribution < -0.4 is 15.0 Å². The summed E-state index contributed by atoms with van der Waals surface area (Å²) in [5.41, 5.74) is 0.979. The van der Waals surface area contributed by atoms with E-state index in [9.17, 15) is 22.8 Å². The average molecular weight is 626 g/mol. The van der Waals surface area contributed by atoms with Gasteiger partial charge in [-0.25, -0.2) is 9.97 Å². The van der Waals surface area contributed by atoms with E-state index in [0.29, 0.717) is 74.2 Å². The number of fused-ring (bicyclic) bond motifs is 1. The molecule has 3 heterocycles. The molecule has 1 aliphatic heterocycles. The average Bonchev–Trinajstić information content (AvgIpc) is 3.02. The van der Waals surface area contributed by atoms with Crippen LogP contribution in [0.1, 0.15) is 31.3 Å². The van der Waals surface area contributed by atoms with Crippen molar-refractivity contribution in [3.05, 3.63) is 88.6 Å². The molecule has 238 valence electrons. The summed E-state index contributed by atoms with van der Waals surface area (Å²) in [7, 11) is 0. The number of halogens is 3. The van der Waals surface area contributed by atoms with Gasteiger partial charge in [-0.1, -0.05) is 12.1 Å². The van der Waals surface area contributed by atoms with Crippen LogP contribution in [-0.2, 0) is 16.0 Å². The largest absolute Gasteiger partial charge is 0.573 e. The van der Waals surface area contributed by atoms with Crippen molar-refractivity contribution in [2.45, 2.75) is 32.7 Å². The molecule has 0 bridgehead atoms. The number of nitrogens with zero attached hydrogens (tertiary/aromatic N) is 5. The van der Waals surface area contributed by atoms with E-state index < -0.39 is 12.4 Å². The molecule has 0 N–H and O–H groups in total. The fourth-order valence-electron chi connectivity index (χ4n) is 5.26. The number of aromatic nitrogens is 3. The Balaban J connectivity index is 1.51. The molecule has 0 unspecified atom stereocenters. The minimum atomic E-state index is -4.82. The van der Waals surface area contributed by atoms with Crippen molar-refractivity contribution in [3.8, 4) is 17.2 Å². The van der Waals surface area contributed by atoms with Gasteiger partial charge in [0.05, 0.1) is 43.4 Å². The van der Waals surface area contributed by atoms with Gasteiger partial charge in [-0.05, 0) is 67.9 Å². The Hall–Kier alpha value is -4.49. The highest BCUT2D eigenvalue weighted by atomic mass is 19.4. The third kappa shape index (κ3) is 7.97. The highest BCUT2D eigenvalue weighted by Crippen LogP contribution is 2.26. The Morgan fingerprint density at radius 2 is 1.73 bits per heavy atom. The molecule has 1 atom stereocenters. The summed E-state index contributed by atoms with van der Waals surface area (Å²) in [5.74, 6) is 0.310. The highest BCUT2D eigenvalue weighted by molar-refractivity contribution is 5.79. The quantitative estimate of drug-likeness (QED) is 0.240. The molecule has 1 saturated heterocycles. The Kier molecular flexibility index (Phi) is 9.99. The van der Waals surface area contributed by atoms with Gasteiger partial charge in [0.15, 0.2) is 5.65 Å². The van der Waals surface area contributed by atoms with E-state index in [1.165, 1.54) is 28.8 Å². The van der Waals surface area contributed by atoms with Gasteiger partial charge in [0, 0.05) is 32.4 Å². The lowest BCUT2D eigenvalue weighted by Crippen LogP contribution is -2.45. The normalized spacial score (nSPS) is 14.7. The SMILES string of the molecule is CCOc1ccc(-n2c([C@@H](C)N(CCN3CCOCC3)C(=O)Cc3ccc(OC(F)(F)F)cc3)nc3ncccc3c2=O)cc1. The second kappa shape index (κ2) is 14.1. The van der Waals surface area contributed by atoms with Crippen molar-refractivity contribution < 1.29 is 32.2 Å². The molecule has 0 radical (unpaired) electrons. The molecule has 0 aliphatic carbocycles. The number of benzene rings is 2. The first-order chi connectivity index (χ1) is 21.6. The van der Waals surface area contributed by atoms with Gasteiger partial charge < -0.3 is 19.1 Å². The number of ether oxygens (including phenoxy) is 3. The van der Waals surface area contributed by atoms with E-state index in [4.69, 9.17) is 14.5 Å². The number of rotatable bonds is 11. The standard InChI is InChI=1S/C32H34F3N5O5/c1-3-44-25-12-8-24(9-13-25)40-30(37-29-27(31(40)42)5-4-14-36-29)22(2)39(16-15-38-17-19-43-20-18-38)28(41)21-23-6-10-26(11-7-23)45-32(33,34)35/h4-14,22H,3,15-21H2,1-2H3/t22-/m1/s1. The molecule has 1 aliphatic rings. The van der Waals surface area contributed by atoms with Crippen LogP contribution in [0.3, 0.4) is 0 Å². The van der Waals surface area contributed by atoms with Crippen LogP contribution in [0.25, 0.3) is 16.7 Å². The predicted molar refractivity (Wildman–Crippen MR) is 161 cm³/mol. The first kappa shape index (κ1) is 31.9. The Morgan fingerprint density at radius 3 is 2.40 bits per heavy atom. The Morgan fingerprint density at radius 1 is 1.04 bits per heavy atom. The molecule has 1 amide bonds. The molecule has 10 nitrogen and oxygen atoms in total. The van der Waals surface area contributed by atoms with E-state index in [2.05, 4.69) is 14.6 Å². The maximum Gasteiger partial charge on any atom is 0.573 e. The summed E-state index contributed by atoms with van der Waals surface area (Å²) in [6, 6.07) is 14.9. The molecular formula is C32H34F3N5O5. The second-order valence-electron chi connectivity index (χ2n) is 10.5.